The van der Waals surface area contributed by atoms with Crippen LogP contribution in [0.3, 0.4) is 0 Å². The Kier molecular flexibility index (Phi) is 3.90. The largest absolute Gasteiger partial charge is 0.372 e. The third kappa shape index (κ3) is 2.09. The van der Waals surface area contributed by atoms with Crippen molar-refractivity contribution in [2.45, 2.75) is 64.5 Å². The van der Waals surface area contributed by atoms with E-state index in [9.17, 15) is 4.39 Å². The van der Waals surface area contributed by atoms with Gasteiger partial charge in [-0.05, 0) is 26.7 Å². The van der Waals surface area contributed by atoms with E-state index < -0.39 is 11.8 Å². The minimum absolute atomic E-state index is 0.0912. The first-order valence-electron chi connectivity index (χ1n) is 5.50. The van der Waals surface area contributed by atoms with E-state index in [1.165, 1.54) is 0 Å². The Balaban J connectivity index is 2.65. The molecule has 1 aliphatic heterocycles. The van der Waals surface area contributed by atoms with Gasteiger partial charge < -0.3 is 9.47 Å². The van der Waals surface area contributed by atoms with E-state index in [1.54, 1.807) is 13.8 Å². The summed E-state index contributed by atoms with van der Waals surface area (Å²) >= 11 is 0. The molecule has 0 spiro atoms. The van der Waals surface area contributed by atoms with Gasteiger partial charge in [0.05, 0.1) is 12.2 Å². The maximum Gasteiger partial charge on any atom is 0.162 e. The molecule has 4 atom stereocenters. The standard InChI is InChI=1S/C11H21FO2/c1-5-7-13-10-9(6-2)14-8(3)11(10,4)12/h8-10H,5-7H2,1-4H3/t8?,9-,10?,11+/m1/s1. The Labute approximate surface area is 85.8 Å². The third-order valence-electron chi connectivity index (χ3n) is 2.97. The molecule has 3 heteroatoms. The molecule has 14 heavy (non-hydrogen) atoms. The van der Waals surface area contributed by atoms with Gasteiger partial charge in [0.15, 0.2) is 5.67 Å². The fourth-order valence-electron chi connectivity index (χ4n) is 1.89. The summed E-state index contributed by atoms with van der Waals surface area (Å²) in [6, 6.07) is 0. The molecular formula is C11H21FO2. The Bertz CT molecular complexity index is 182. The molecule has 1 rings (SSSR count). The van der Waals surface area contributed by atoms with Crippen molar-refractivity contribution in [3.05, 3.63) is 0 Å². The summed E-state index contributed by atoms with van der Waals surface area (Å²) in [6.07, 6.45) is 0.860. The van der Waals surface area contributed by atoms with E-state index in [0.717, 1.165) is 12.8 Å². The quantitative estimate of drug-likeness (QED) is 0.701. The molecule has 0 amide bonds. The highest BCUT2D eigenvalue weighted by molar-refractivity contribution is 5.00. The Morgan fingerprint density at radius 2 is 2.07 bits per heavy atom. The molecule has 1 saturated heterocycles. The van der Waals surface area contributed by atoms with Crippen LogP contribution >= 0.6 is 0 Å². The SMILES string of the molecule is CCCOC1[C@@H](CC)OC(C)[C@]1(C)F. The zero-order valence-corrected chi connectivity index (χ0v) is 9.55. The van der Waals surface area contributed by atoms with E-state index in [1.807, 2.05) is 13.8 Å². The van der Waals surface area contributed by atoms with Gasteiger partial charge in [-0.15, -0.1) is 0 Å². The maximum atomic E-state index is 14.2. The van der Waals surface area contributed by atoms with Crippen molar-refractivity contribution >= 4 is 0 Å². The summed E-state index contributed by atoms with van der Waals surface area (Å²) < 4.78 is 25.3. The lowest BCUT2D eigenvalue weighted by Gasteiger charge is -2.26. The van der Waals surface area contributed by atoms with Gasteiger partial charge in [-0.2, -0.15) is 0 Å². The van der Waals surface area contributed by atoms with Gasteiger partial charge in [-0.25, -0.2) is 4.39 Å². The highest BCUT2D eigenvalue weighted by Crippen LogP contribution is 2.37. The molecule has 1 fully saturated rings. The van der Waals surface area contributed by atoms with Crippen LogP contribution in [-0.2, 0) is 9.47 Å². The second-order valence-corrected chi connectivity index (χ2v) is 4.17. The molecule has 2 unspecified atom stereocenters. The van der Waals surface area contributed by atoms with Crippen LogP contribution in [0.5, 0.6) is 0 Å². The van der Waals surface area contributed by atoms with Crippen LogP contribution in [0.25, 0.3) is 0 Å². The normalized spacial score (nSPS) is 43.1. The van der Waals surface area contributed by atoms with Crippen molar-refractivity contribution in [2.75, 3.05) is 6.61 Å². The van der Waals surface area contributed by atoms with Crippen LogP contribution in [0.1, 0.15) is 40.5 Å². The van der Waals surface area contributed by atoms with Crippen molar-refractivity contribution < 1.29 is 13.9 Å². The van der Waals surface area contributed by atoms with Gasteiger partial charge in [-0.3, -0.25) is 0 Å². The maximum absolute atomic E-state index is 14.2. The zero-order valence-electron chi connectivity index (χ0n) is 9.55. The molecule has 0 aromatic heterocycles. The van der Waals surface area contributed by atoms with Crippen LogP contribution in [0.2, 0.25) is 0 Å². The lowest BCUT2D eigenvalue weighted by Crippen LogP contribution is -2.42. The minimum atomic E-state index is -1.35. The van der Waals surface area contributed by atoms with Crippen molar-refractivity contribution in [3.63, 3.8) is 0 Å². The topological polar surface area (TPSA) is 18.5 Å². The smallest absolute Gasteiger partial charge is 0.162 e. The zero-order chi connectivity index (χ0) is 10.8. The van der Waals surface area contributed by atoms with Crippen LogP contribution < -0.4 is 0 Å². The molecule has 0 aromatic carbocycles. The lowest BCUT2D eigenvalue weighted by atomic mass is 9.94. The predicted octanol–water partition coefficient (Wildman–Crippen LogP) is 2.71. The first-order chi connectivity index (χ1) is 6.54. The van der Waals surface area contributed by atoms with Crippen molar-refractivity contribution in [2.24, 2.45) is 0 Å². The number of halogens is 1. The average Bonchev–Trinajstić information content (AvgIpc) is 2.36. The van der Waals surface area contributed by atoms with Crippen molar-refractivity contribution in [1.82, 2.24) is 0 Å². The van der Waals surface area contributed by atoms with E-state index in [-0.39, 0.29) is 12.2 Å². The van der Waals surface area contributed by atoms with Crippen LogP contribution in [0, 0.1) is 0 Å². The first kappa shape index (κ1) is 11.9. The molecule has 0 radical (unpaired) electrons. The molecule has 1 aliphatic rings. The highest BCUT2D eigenvalue weighted by Gasteiger charge is 2.52. The van der Waals surface area contributed by atoms with Crippen LogP contribution in [-0.4, -0.2) is 30.6 Å². The van der Waals surface area contributed by atoms with Gasteiger partial charge in [0, 0.05) is 6.61 Å². The van der Waals surface area contributed by atoms with Crippen molar-refractivity contribution in [1.29, 1.82) is 0 Å². The molecular weight excluding hydrogens is 183 g/mol. The summed E-state index contributed by atoms with van der Waals surface area (Å²) in [5.41, 5.74) is -1.35. The Morgan fingerprint density at radius 3 is 2.57 bits per heavy atom. The number of ether oxygens (including phenoxy) is 2. The number of hydrogen-bond donors (Lipinski definition) is 0. The molecule has 0 N–H and O–H groups in total. The first-order valence-corrected chi connectivity index (χ1v) is 5.50. The van der Waals surface area contributed by atoms with Gasteiger partial charge in [-0.1, -0.05) is 13.8 Å². The molecule has 0 aromatic rings. The molecule has 1 heterocycles. The summed E-state index contributed by atoms with van der Waals surface area (Å²) in [6.45, 7) is 7.99. The fraction of sp³-hybridized carbons (Fsp3) is 1.00. The third-order valence-corrected chi connectivity index (χ3v) is 2.97. The number of hydrogen-bond acceptors (Lipinski definition) is 2. The van der Waals surface area contributed by atoms with E-state index >= 15 is 0 Å². The summed E-state index contributed by atoms with van der Waals surface area (Å²) in [4.78, 5) is 0. The monoisotopic (exact) mass is 204 g/mol. The average molecular weight is 204 g/mol. The Hall–Kier alpha value is -0.150. The van der Waals surface area contributed by atoms with E-state index in [4.69, 9.17) is 9.47 Å². The minimum Gasteiger partial charge on any atom is -0.372 e. The Morgan fingerprint density at radius 1 is 1.43 bits per heavy atom. The van der Waals surface area contributed by atoms with E-state index in [0.29, 0.717) is 6.61 Å². The van der Waals surface area contributed by atoms with Gasteiger partial charge in [0.2, 0.25) is 0 Å². The van der Waals surface area contributed by atoms with Crippen LogP contribution in [0.4, 0.5) is 4.39 Å². The van der Waals surface area contributed by atoms with Crippen molar-refractivity contribution in [3.8, 4) is 0 Å². The molecule has 2 nitrogen and oxygen atoms in total. The van der Waals surface area contributed by atoms with E-state index in [2.05, 4.69) is 0 Å². The van der Waals surface area contributed by atoms with Gasteiger partial charge in [0.1, 0.15) is 6.10 Å². The van der Waals surface area contributed by atoms with Gasteiger partial charge in [0.25, 0.3) is 0 Å². The fourth-order valence-corrected chi connectivity index (χ4v) is 1.89. The lowest BCUT2D eigenvalue weighted by molar-refractivity contribution is -0.0469. The number of alkyl halides is 1. The number of rotatable bonds is 4. The second kappa shape index (κ2) is 4.58. The summed E-state index contributed by atoms with van der Waals surface area (Å²) in [5, 5.41) is 0. The van der Waals surface area contributed by atoms with Gasteiger partial charge >= 0.3 is 0 Å². The highest BCUT2D eigenvalue weighted by atomic mass is 19.1. The summed E-state index contributed by atoms with van der Waals surface area (Å²) in [5.74, 6) is 0. The predicted molar refractivity (Wildman–Crippen MR) is 54.2 cm³/mol. The second-order valence-electron chi connectivity index (χ2n) is 4.17. The summed E-state index contributed by atoms with van der Waals surface area (Å²) in [7, 11) is 0. The molecule has 0 saturated carbocycles. The van der Waals surface area contributed by atoms with Crippen LogP contribution in [0.15, 0.2) is 0 Å². The molecule has 0 aliphatic carbocycles. The molecule has 84 valence electrons. The molecule has 0 bridgehead atoms.